The van der Waals surface area contributed by atoms with E-state index in [0.717, 1.165) is 50.5 Å². The average Bonchev–Trinajstić information content (AvgIpc) is 2.46. The molecule has 0 spiro atoms. The highest BCUT2D eigenvalue weighted by Gasteiger charge is 2.27. The lowest BCUT2D eigenvalue weighted by Gasteiger charge is -2.36. The van der Waals surface area contributed by atoms with Crippen LogP contribution in [0.4, 0.5) is 0 Å². The molecule has 1 aliphatic rings. The molecule has 2 N–H and O–H groups in total. The van der Waals surface area contributed by atoms with Crippen molar-refractivity contribution >= 4 is 11.6 Å². The van der Waals surface area contributed by atoms with Gasteiger partial charge in [0.25, 0.3) is 0 Å². The Morgan fingerprint density at radius 1 is 1.29 bits per heavy atom. The van der Waals surface area contributed by atoms with Gasteiger partial charge in [-0.05, 0) is 57.0 Å². The first kappa shape index (κ1) is 16.8. The first-order valence-electron chi connectivity index (χ1n) is 7.94. The summed E-state index contributed by atoms with van der Waals surface area (Å²) in [5.41, 5.74) is 0.832. The minimum Gasteiger partial charge on any atom is -0.390 e. The fourth-order valence-corrected chi connectivity index (χ4v) is 3.02. The largest absolute Gasteiger partial charge is 0.390 e. The molecular formula is C17H27ClN2O. The fourth-order valence-electron chi connectivity index (χ4n) is 2.90. The molecular weight excluding hydrogens is 284 g/mol. The van der Waals surface area contributed by atoms with Crippen LogP contribution in [0.2, 0.25) is 5.02 Å². The first-order chi connectivity index (χ1) is 10.00. The molecule has 0 amide bonds. The summed E-state index contributed by atoms with van der Waals surface area (Å²) in [6, 6.07) is 8.50. The van der Waals surface area contributed by atoms with Gasteiger partial charge >= 0.3 is 0 Å². The van der Waals surface area contributed by atoms with Crippen molar-refractivity contribution in [1.29, 1.82) is 0 Å². The van der Waals surface area contributed by atoms with Crippen molar-refractivity contribution in [2.75, 3.05) is 26.2 Å². The zero-order valence-corrected chi connectivity index (χ0v) is 13.9. The summed E-state index contributed by atoms with van der Waals surface area (Å²) in [6.45, 7) is 8.10. The van der Waals surface area contributed by atoms with Crippen LogP contribution in [0.15, 0.2) is 24.3 Å². The molecule has 1 aromatic rings. The van der Waals surface area contributed by atoms with E-state index >= 15 is 0 Å². The van der Waals surface area contributed by atoms with Crippen molar-refractivity contribution in [3.05, 3.63) is 34.9 Å². The average molecular weight is 311 g/mol. The van der Waals surface area contributed by atoms with Crippen molar-refractivity contribution in [2.45, 2.75) is 44.8 Å². The van der Waals surface area contributed by atoms with Gasteiger partial charge < -0.3 is 15.3 Å². The van der Waals surface area contributed by atoms with E-state index in [0.29, 0.717) is 6.04 Å². The number of hydrogen-bond donors (Lipinski definition) is 2. The van der Waals surface area contributed by atoms with Gasteiger partial charge in [-0.15, -0.1) is 0 Å². The molecule has 3 nitrogen and oxygen atoms in total. The third kappa shape index (κ3) is 5.26. The van der Waals surface area contributed by atoms with Gasteiger partial charge in [-0.25, -0.2) is 0 Å². The Morgan fingerprint density at radius 3 is 2.48 bits per heavy atom. The molecule has 1 fully saturated rings. The molecule has 1 saturated heterocycles. The summed E-state index contributed by atoms with van der Waals surface area (Å²) in [4.78, 5) is 2.46. The standard InChI is InChI=1S/C17H27ClN2O/c1-3-19-16(14-4-6-15(18)7-5-14)8-11-20-12-9-17(2,21)10-13-20/h4-7,16,19,21H,3,8-13H2,1-2H3. The van der Waals surface area contributed by atoms with Crippen LogP contribution in [-0.2, 0) is 0 Å². The molecule has 1 unspecified atom stereocenters. The minimum atomic E-state index is -0.465. The number of likely N-dealkylation sites (tertiary alicyclic amines) is 1. The highest BCUT2D eigenvalue weighted by Crippen LogP contribution is 2.24. The molecule has 118 valence electrons. The summed E-state index contributed by atoms with van der Waals surface area (Å²) >= 11 is 5.97. The Kier molecular flexibility index (Phi) is 6.06. The van der Waals surface area contributed by atoms with E-state index in [2.05, 4.69) is 29.3 Å². The lowest BCUT2D eigenvalue weighted by Crippen LogP contribution is -2.43. The monoisotopic (exact) mass is 310 g/mol. The first-order valence-corrected chi connectivity index (χ1v) is 8.31. The third-order valence-corrected chi connectivity index (χ3v) is 4.64. The van der Waals surface area contributed by atoms with Crippen LogP contribution in [0.1, 0.15) is 44.7 Å². The molecule has 0 aliphatic carbocycles. The van der Waals surface area contributed by atoms with E-state index in [-0.39, 0.29) is 0 Å². The zero-order valence-electron chi connectivity index (χ0n) is 13.1. The second-order valence-corrected chi connectivity index (χ2v) is 6.73. The molecule has 4 heteroatoms. The quantitative estimate of drug-likeness (QED) is 0.847. The Labute approximate surface area is 133 Å². The summed E-state index contributed by atoms with van der Waals surface area (Å²) < 4.78 is 0. The highest BCUT2D eigenvalue weighted by molar-refractivity contribution is 6.30. The van der Waals surface area contributed by atoms with Crippen molar-refractivity contribution in [1.82, 2.24) is 10.2 Å². The van der Waals surface area contributed by atoms with Crippen LogP contribution in [0.5, 0.6) is 0 Å². The number of rotatable bonds is 6. The number of aliphatic hydroxyl groups is 1. The fraction of sp³-hybridized carbons (Fsp3) is 0.647. The number of piperidine rings is 1. The van der Waals surface area contributed by atoms with E-state index in [9.17, 15) is 5.11 Å². The molecule has 0 bridgehead atoms. The van der Waals surface area contributed by atoms with Crippen LogP contribution >= 0.6 is 11.6 Å². The van der Waals surface area contributed by atoms with Gasteiger partial charge in [0.05, 0.1) is 5.60 Å². The van der Waals surface area contributed by atoms with Crippen LogP contribution in [0.25, 0.3) is 0 Å². The van der Waals surface area contributed by atoms with Crippen LogP contribution < -0.4 is 5.32 Å². The molecule has 1 aliphatic heterocycles. The van der Waals surface area contributed by atoms with Crippen molar-refractivity contribution in [3.63, 3.8) is 0 Å². The molecule has 0 aromatic heterocycles. The van der Waals surface area contributed by atoms with Crippen LogP contribution in [0, 0.1) is 0 Å². The molecule has 0 saturated carbocycles. The van der Waals surface area contributed by atoms with Crippen LogP contribution in [0.3, 0.4) is 0 Å². The summed E-state index contributed by atoms with van der Waals surface area (Å²) in [7, 11) is 0. The highest BCUT2D eigenvalue weighted by atomic mass is 35.5. The summed E-state index contributed by atoms with van der Waals surface area (Å²) in [5.74, 6) is 0. The molecule has 1 heterocycles. The van der Waals surface area contributed by atoms with Gasteiger partial charge in [0.2, 0.25) is 0 Å². The van der Waals surface area contributed by atoms with Gasteiger partial charge in [0, 0.05) is 24.2 Å². The van der Waals surface area contributed by atoms with E-state index < -0.39 is 5.60 Å². The zero-order chi connectivity index (χ0) is 15.3. The smallest absolute Gasteiger partial charge is 0.0644 e. The molecule has 21 heavy (non-hydrogen) atoms. The van der Waals surface area contributed by atoms with E-state index in [1.807, 2.05) is 19.1 Å². The minimum absolute atomic E-state index is 0.370. The van der Waals surface area contributed by atoms with Gasteiger partial charge in [0.15, 0.2) is 0 Å². The van der Waals surface area contributed by atoms with Crippen molar-refractivity contribution < 1.29 is 5.11 Å². The number of nitrogens with one attached hydrogen (secondary N) is 1. The summed E-state index contributed by atoms with van der Waals surface area (Å²) in [6.07, 6.45) is 2.83. The van der Waals surface area contributed by atoms with Gasteiger partial charge in [-0.2, -0.15) is 0 Å². The summed E-state index contributed by atoms with van der Waals surface area (Å²) in [5, 5.41) is 14.3. The Morgan fingerprint density at radius 2 is 1.90 bits per heavy atom. The predicted molar refractivity (Wildman–Crippen MR) is 88.8 cm³/mol. The maximum atomic E-state index is 10.0. The maximum absolute atomic E-state index is 10.0. The number of nitrogens with zero attached hydrogens (tertiary/aromatic N) is 1. The predicted octanol–water partition coefficient (Wildman–Crippen LogP) is 3.23. The normalized spacial score (nSPS) is 20.4. The van der Waals surface area contributed by atoms with Gasteiger partial charge in [-0.3, -0.25) is 0 Å². The lowest BCUT2D eigenvalue weighted by molar-refractivity contribution is -0.00596. The molecule has 1 atom stereocenters. The Bertz CT molecular complexity index is 423. The van der Waals surface area contributed by atoms with E-state index in [4.69, 9.17) is 11.6 Å². The van der Waals surface area contributed by atoms with Gasteiger partial charge in [0.1, 0.15) is 0 Å². The molecule has 0 radical (unpaired) electrons. The molecule has 1 aromatic carbocycles. The van der Waals surface area contributed by atoms with Crippen molar-refractivity contribution in [2.24, 2.45) is 0 Å². The number of hydrogen-bond acceptors (Lipinski definition) is 3. The van der Waals surface area contributed by atoms with E-state index in [1.165, 1.54) is 5.56 Å². The van der Waals surface area contributed by atoms with Gasteiger partial charge in [-0.1, -0.05) is 30.7 Å². The van der Waals surface area contributed by atoms with Crippen molar-refractivity contribution in [3.8, 4) is 0 Å². The second-order valence-electron chi connectivity index (χ2n) is 6.29. The van der Waals surface area contributed by atoms with E-state index in [1.54, 1.807) is 0 Å². The lowest BCUT2D eigenvalue weighted by atomic mass is 9.93. The SMILES string of the molecule is CCNC(CCN1CCC(C)(O)CC1)c1ccc(Cl)cc1. The maximum Gasteiger partial charge on any atom is 0.0644 e. The second kappa shape index (κ2) is 7.59. The number of benzene rings is 1. The Hall–Kier alpha value is -0.610. The topological polar surface area (TPSA) is 35.5 Å². The Balaban J connectivity index is 1.87. The van der Waals surface area contributed by atoms with Crippen LogP contribution in [-0.4, -0.2) is 41.8 Å². The third-order valence-electron chi connectivity index (χ3n) is 4.39. The molecule has 2 rings (SSSR count). The number of halogens is 1.